The van der Waals surface area contributed by atoms with E-state index in [4.69, 9.17) is 4.52 Å². The van der Waals surface area contributed by atoms with Crippen molar-refractivity contribution >= 4 is 0 Å². The molecule has 0 saturated carbocycles. The molecule has 90 valence electrons. The van der Waals surface area contributed by atoms with E-state index >= 15 is 0 Å². The Morgan fingerprint density at radius 3 is 2.94 bits per heavy atom. The smallest absolute Gasteiger partial charge is 0.244 e. The molecule has 4 nitrogen and oxygen atoms in total. The second kappa shape index (κ2) is 4.95. The average Bonchev–Trinajstić information content (AvgIpc) is 2.84. The van der Waals surface area contributed by atoms with Crippen LogP contribution in [0, 0.1) is 0 Å². The lowest BCUT2D eigenvalue weighted by Crippen LogP contribution is -2.24. The van der Waals surface area contributed by atoms with Gasteiger partial charge in [0, 0.05) is 5.92 Å². The lowest BCUT2D eigenvalue weighted by Gasteiger charge is -2.20. The summed E-state index contributed by atoms with van der Waals surface area (Å²) in [6.45, 7) is 8.69. The van der Waals surface area contributed by atoms with E-state index in [0.717, 1.165) is 31.2 Å². The molecule has 0 amide bonds. The van der Waals surface area contributed by atoms with E-state index in [1.54, 1.807) is 0 Å². The zero-order chi connectivity index (χ0) is 11.5. The molecule has 1 aliphatic heterocycles. The first kappa shape index (κ1) is 11.6. The van der Waals surface area contributed by atoms with Crippen LogP contribution in [0.3, 0.4) is 0 Å². The van der Waals surface area contributed by atoms with Crippen molar-refractivity contribution in [3.63, 3.8) is 0 Å². The van der Waals surface area contributed by atoms with Crippen LogP contribution >= 0.6 is 0 Å². The van der Waals surface area contributed by atoms with Crippen molar-refractivity contribution in [3.8, 4) is 0 Å². The maximum atomic E-state index is 5.38. The molecule has 1 atom stereocenters. The first-order chi connectivity index (χ1) is 7.72. The molecule has 1 fully saturated rings. The molecule has 0 radical (unpaired) electrons. The van der Waals surface area contributed by atoms with Crippen molar-refractivity contribution < 1.29 is 4.52 Å². The van der Waals surface area contributed by atoms with Gasteiger partial charge in [-0.05, 0) is 32.4 Å². The zero-order valence-corrected chi connectivity index (χ0v) is 10.4. The summed E-state index contributed by atoms with van der Waals surface area (Å²) in [6, 6.07) is 0.361. The molecule has 2 rings (SSSR count). The number of likely N-dealkylation sites (tertiary alicyclic amines) is 1. The van der Waals surface area contributed by atoms with Gasteiger partial charge in [-0.15, -0.1) is 0 Å². The van der Waals surface area contributed by atoms with Gasteiger partial charge in [0.2, 0.25) is 5.89 Å². The lowest BCUT2D eigenvalue weighted by atomic mass is 10.2. The van der Waals surface area contributed by atoms with Gasteiger partial charge in [-0.2, -0.15) is 4.98 Å². The molecule has 0 aromatic carbocycles. The number of hydrogen-bond acceptors (Lipinski definition) is 4. The van der Waals surface area contributed by atoms with Gasteiger partial charge in [-0.25, -0.2) is 0 Å². The Labute approximate surface area is 97.0 Å². The summed E-state index contributed by atoms with van der Waals surface area (Å²) in [6.07, 6.45) is 3.57. The number of aromatic nitrogens is 2. The second-order valence-electron chi connectivity index (χ2n) is 4.84. The van der Waals surface area contributed by atoms with Gasteiger partial charge in [-0.3, -0.25) is 4.90 Å². The Hall–Kier alpha value is -0.900. The average molecular weight is 223 g/mol. The zero-order valence-electron chi connectivity index (χ0n) is 10.4. The van der Waals surface area contributed by atoms with Gasteiger partial charge in [0.25, 0.3) is 0 Å². The summed E-state index contributed by atoms with van der Waals surface area (Å²) in [7, 11) is 0. The molecule has 1 unspecified atom stereocenters. The maximum absolute atomic E-state index is 5.38. The van der Waals surface area contributed by atoms with Crippen LogP contribution in [-0.4, -0.2) is 28.1 Å². The summed E-state index contributed by atoms with van der Waals surface area (Å²) in [5, 5.41) is 4.04. The molecule has 16 heavy (non-hydrogen) atoms. The van der Waals surface area contributed by atoms with E-state index in [0.29, 0.717) is 12.0 Å². The first-order valence-electron chi connectivity index (χ1n) is 6.30. The minimum absolute atomic E-state index is 0.346. The fraction of sp³-hybridized carbons (Fsp3) is 0.833. The SMILES string of the molecule is CCCN1CCCC1c1nc(C(C)C)no1. The molecule has 1 aromatic heterocycles. The van der Waals surface area contributed by atoms with E-state index in [9.17, 15) is 0 Å². The number of nitrogens with zero attached hydrogens (tertiary/aromatic N) is 3. The van der Waals surface area contributed by atoms with Crippen LogP contribution in [0.15, 0.2) is 4.52 Å². The standard InChI is InChI=1S/C12H21N3O/c1-4-7-15-8-5-6-10(15)12-13-11(9(2)3)14-16-12/h9-10H,4-8H2,1-3H3. The van der Waals surface area contributed by atoms with Gasteiger partial charge in [-0.1, -0.05) is 25.9 Å². The Morgan fingerprint density at radius 2 is 2.31 bits per heavy atom. The molecule has 2 heterocycles. The number of rotatable bonds is 4. The highest BCUT2D eigenvalue weighted by Crippen LogP contribution is 2.31. The minimum Gasteiger partial charge on any atom is -0.338 e. The quantitative estimate of drug-likeness (QED) is 0.787. The normalized spacial score (nSPS) is 22.1. The molecular weight excluding hydrogens is 202 g/mol. The topological polar surface area (TPSA) is 42.2 Å². The molecular formula is C12H21N3O. The Balaban J connectivity index is 2.10. The Kier molecular flexibility index (Phi) is 3.59. The van der Waals surface area contributed by atoms with E-state index in [-0.39, 0.29) is 0 Å². The first-order valence-corrected chi connectivity index (χ1v) is 6.30. The van der Waals surface area contributed by atoms with Crippen LogP contribution in [0.5, 0.6) is 0 Å². The molecule has 4 heteroatoms. The van der Waals surface area contributed by atoms with Crippen molar-refractivity contribution in [2.45, 2.75) is 52.0 Å². The highest BCUT2D eigenvalue weighted by atomic mass is 16.5. The maximum Gasteiger partial charge on any atom is 0.244 e. The molecule has 1 aromatic rings. The summed E-state index contributed by atoms with van der Waals surface area (Å²) >= 11 is 0. The highest BCUT2D eigenvalue weighted by Gasteiger charge is 2.30. The largest absolute Gasteiger partial charge is 0.338 e. The summed E-state index contributed by atoms with van der Waals surface area (Å²) in [4.78, 5) is 6.96. The van der Waals surface area contributed by atoms with Gasteiger partial charge in [0.05, 0.1) is 6.04 Å². The minimum atomic E-state index is 0.346. The summed E-state index contributed by atoms with van der Waals surface area (Å²) < 4.78 is 5.38. The fourth-order valence-corrected chi connectivity index (χ4v) is 2.28. The third-order valence-corrected chi connectivity index (χ3v) is 3.13. The van der Waals surface area contributed by atoms with Crippen LogP contribution in [-0.2, 0) is 0 Å². The molecule has 0 N–H and O–H groups in total. The van der Waals surface area contributed by atoms with Crippen LogP contribution in [0.2, 0.25) is 0 Å². The van der Waals surface area contributed by atoms with Crippen molar-refractivity contribution in [3.05, 3.63) is 11.7 Å². The molecule has 0 spiro atoms. The van der Waals surface area contributed by atoms with E-state index in [2.05, 4.69) is 35.8 Å². The van der Waals surface area contributed by atoms with Crippen LogP contribution in [0.25, 0.3) is 0 Å². The van der Waals surface area contributed by atoms with Crippen molar-refractivity contribution in [1.82, 2.24) is 15.0 Å². The van der Waals surface area contributed by atoms with E-state index in [1.807, 2.05) is 0 Å². The van der Waals surface area contributed by atoms with E-state index in [1.165, 1.54) is 12.8 Å². The Bertz CT molecular complexity index is 335. The highest BCUT2D eigenvalue weighted by molar-refractivity contribution is 4.98. The second-order valence-corrected chi connectivity index (χ2v) is 4.84. The van der Waals surface area contributed by atoms with Gasteiger partial charge in [0.15, 0.2) is 5.82 Å². The molecule has 0 bridgehead atoms. The predicted molar refractivity (Wildman–Crippen MR) is 62.2 cm³/mol. The molecule has 1 aliphatic rings. The number of hydrogen-bond donors (Lipinski definition) is 0. The van der Waals surface area contributed by atoms with Crippen molar-refractivity contribution in [2.75, 3.05) is 13.1 Å². The summed E-state index contributed by atoms with van der Waals surface area (Å²) in [5.74, 6) is 1.99. The van der Waals surface area contributed by atoms with Gasteiger partial charge < -0.3 is 4.52 Å². The third-order valence-electron chi connectivity index (χ3n) is 3.13. The lowest BCUT2D eigenvalue weighted by molar-refractivity contribution is 0.208. The van der Waals surface area contributed by atoms with Crippen LogP contribution < -0.4 is 0 Å². The van der Waals surface area contributed by atoms with Crippen LogP contribution in [0.1, 0.15) is 63.7 Å². The van der Waals surface area contributed by atoms with Gasteiger partial charge in [0.1, 0.15) is 0 Å². The Morgan fingerprint density at radius 1 is 1.50 bits per heavy atom. The van der Waals surface area contributed by atoms with Crippen molar-refractivity contribution in [2.24, 2.45) is 0 Å². The monoisotopic (exact) mass is 223 g/mol. The van der Waals surface area contributed by atoms with Crippen molar-refractivity contribution in [1.29, 1.82) is 0 Å². The predicted octanol–water partition coefficient (Wildman–Crippen LogP) is 2.74. The van der Waals surface area contributed by atoms with Crippen LogP contribution in [0.4, 0.5) is 0 Å². The van der Waals surface area contributed by atoms with Gasteiger partial charge >= 0.3 is 0 Å². The fourth-order valence-electron chi connectivity index (χ4n) is 2.28. The van der Waals surface area contributed by atoms with E-state index < -0.39 is 0 Å². The molecule has 0 aliphatic carbocycles. The molecule has 1 saturated heterocycles. The third kappa shape index (κ3) is 2.26. The summed E-state index contributed by atoms with van der Waals surface area (Å²) in [5.41, 5.74) is 0.